The van der Waals surface area contributed by atoms with Gasteiger partial charge in [0.1, 0.15) is 0 Å². The van der Waals surface area contributed by atoms with Gasteiger partial charge in [0.15, 0.2) is 4.80 Å². The summed E-state index contributed by atoms with van der Waals surface area (Å²) >= 11 is 1.16. The molecule has 2 aliphatic rings. The Morgan fingerprint density at radius 3 is 2.65 bits per heavy atom. The summed E-state index contributed by atoms with van der Waals surface area (Å²) in [5.74, 6) is 0. The quantitative estimate of drug-likeness (QED) is 0.886. The third-order valence-corrected chi connectivity index (χ3v) is 5.85. The molecule has 2 aromatic rings. The zero-order valence-corrected chi connectivity index (χ0v) is 13.4. The molecule has 0 aliphatic carbocycles. The van der Waals surface area contributed by atoms with Crippen molar-refractivity contribution in [2.45, 2.75) is 37.9 Å². The van der Waals surface area contributed by atoms with Gasteiger partial charge in [0.2, 0.25) is 0 Å². The first kappa shape index (κ1) is 15.2. The van der Waals surface area contributed by atoms with E-state index in [0.29, 0.717) is 15.9 Å². The Morgan fingerprint density at radius 1 is 1.22 bits per heavy atom. The van der Waals surface area contributed by atoms with Crippen LogP contribution < -0.4 is 4.80 Å². The lowest BCUT2D eigenvalue weighted by molar-refractivity contribution is -0.137. The fourth-order valence-electron chi connectivity index (χ4n) is 3.86. The van der Waals surface area contributed by atoms with Crippen LogP contribution in [0, 0.1) is 5.41 Å². The van der Waals surface area contributed by atoms with Crippen molar-refractivity contribution in [1.29, 1.82) is 5.41 Å². The molecule has 3 nitrogen and oxygen atoms in total. The first-order valence-corrected chi connectivity index (χ1v) is 8.77. The zero-order chi connectivity index (χ0) is 16.2. The van der Waals surface area contributed by atoms with Crippen LogP contribution >= 0.6 is 11.3 Å². The van der Waals surface area contributed by atoms with Crippen LogP contribution in [0.15, 0.2) is 12.1 Å². The number of benzene rings is 1. The average molecular weight is 341 g/mol. The minimum Gasteiger partial charge on any atom is -0.312 e. The number of halogens is 3. The molecule has 2 aliphatic heterocycles. The zero-order valence-electron chi connectivity index (χ0n) is 12.6. The molecule has 3 heterocycles. The lowest BCUT2D eigenvalue weighted by atomic mass is 9.97. The molecule has 0 spiro atoms. The van der Waals surface area contributed by atoms with Gasteiger partial charge in [-0.25, -0.2) is 0 Å². The monoisotopic (exact) mass is 341 g/mol. The lowest BCUT2D eigenvalue weighted by Crippen LogP contribution is -2.34. The summed E-state index contributed by atoms with van der Waals surface area (Å²) in [4.78, 5) is 2.78. The Bertz CT molecular complexity index is 799. The Hall–Kier alpha value is -1.34. The summed E-state index contributed by atoms with van der Waals surface area (Å²) < 4.78 is 41.7. The first-order chi connectivity index (χ1) is 10.9. The molecule has 4 rings (SSSR count). The topological polar surface area (TPSA) is 32.0 Å². The second kappa shape index (κ2) is 5.34. The van der Waals surface area contributed by atoms with Crippen LogP contribution in [0.2, 0.25) is 0 Å². The molecule has 7 heteroatoms. The Balaban J connectivity index is 1.79. The van der Waals surface area contributed by atoms with Crippen LogP contribution in [0.1, 0.15) is 36.4 Å². The standard InChI is InChI=1S/C16H18F3N3S/c17-16(18,19)11-7-10-3-4-12(9-21-5-1-2-6-21)22-14(10)13(8-11)23-15(22)20/h7-8,12,20H,1-6,9H2. The van der Waals surface area contributed by atoms with Gasteiger partial charge in [-0.05, 0) is 56.5 Å². The van der Waals surface area contributed by atoms with Gasteiger partial charge in [-0.3, -0.25) is 5.41 Å². The highest BCUT2D eigenvalue weighted by Gasteiger charge is 2.34. The fraction of sp³-hybridized carbons (Fsp3) is 0.562. The number of aromatic nitrogens is 1. The fourth-order valence-corrected chi connectivity index (χ4v) is 4.92. The van der Waals surface area contributed by atoms with E-state index in [1.807, 2.05) is 4.57 Å². The van der Waals surface area contributed by atoms with Gasteiger partial charge in [0, 0.05) is 12.6 Å². The number of likely N-dealkylation sites (tertiary alicyclic amines) is 1. The van der Waals surface area contributed by atoms with E-state index in [0.717, 1.165) is 48.5 Å². The first-order valence-electron chi connectivity index (χ1n) is 7.95. The maximum atomic E-state index is 13.0. The Kier molecular flexibility index (Phi) is 3.53. The van der Waals surface area contributed by atoms with Crippen molar-refractivity contribution in [3.63, 3.8) is 0 Å². The van der Waals surface area contributed by atoms with Crippen LogP contribution in [-0.2, 0) is 12.6 Å². The maximum Gasteiger partial charge on any atom is 0.416 e. The average Bonchev–Trinajstić information content (AvgIpc) is 3.09. The van der Waals surface area contributed by atoms with Crippen molar-refractivity contribution in [1.82, 2.24) is 9.47 Å². The van der Waals surface area contributed by atoms with E-state index in [1.165, 1.54) is 25.0 Å². The van der Waals surface area contributed by atoms with E-state index in [1.54, 1.807) is 0 Å². The SMILES string of the molecule is N=c1sc2cc(C(F)(F)F)cc3c2n1C(CN1CCCC1)CC3. The predicted octanol–water partition coefficient (Wildman–Crippen LogP) is 3.78. The molecule has 124 valence electrons. The summed E-state index contributed by atoms with van der Waals surface area (Å²) in [5, 5.41) is 8.24. The van der Waals surface area contributed by atoms with Crippen LogP contribution in [0.3, 0.4) is 0 Å². The third-order valence-electron chi connectivity index (χ3n) is 4.93. The number of hydrogen-bond donors (Lipinski definition) is 1. The van der Waals surface area contributed by atoms with Crippen molar-refractivity contribution < 1.29 is 13.2 Å². The highest BCUT2D eigenvalue weighted by molar-refractivity contribution is 7.16. The summed E-state index contributed by atoms with van der Waals surface area (Å²) in [6, 6.07) is 2.69. The third kappa shape index (κ3) is 2.59. The van der Waals surface area contributed by atoms with Crippen molar-refractivity contribution in [2.24, 2.45) is 0 Å². The normalized spacial score (nSPS) is 22.1. The second-order valence-electron chi connectivity index (χ2n) is 6.46. The molecular weight excluding hydrogens is 323 g/mol. The van der Waals surface area contributed by atoms with Gasteiger partial charge in [0.25, 0.3) is 0 Å². The van der Waals surface area contributed by atoms with Gasteiger partial charge in [0.05, 0.1) is 15.8 Å². The molecule has 1 unspecified atom stereocenters. The van der Waals surface area contributed by atoms with E-state index in [-0.39, 0.29) is 6.04 Å². The van der Waals surface area contributed by atoms with Crippen LogP contribution in [0.4, 0.5) is 13.2 Å². The van der Waals surface area contributed by atoms with Gasteiger partial charge < -0.3 is 9.47 Å². The molecule has 1 fully saturated rings. The van der Waals surface area contributed by atoms with Crippen LogP contribution in [0.25, 0.3) is 10.2 Å². The molecule has 0 saturated carbocycles. The van der Waals surface area contributed by atoms with E-state index < -0.39 is 11.7 Å². The number of aryl methyl sites for hydroxylation is 1. The highest BCUT2D eigenvalue weighted by Crippen LogP contribution is 2.38. The van der Waals surface area contributed by atoms with E-state index in [2.05, 4.69) is 4.90 Å². The highest BCUT2D eigenvalue weighted by atomic mass is 32.1. The second-order valence-corrected chi connectivity index (χ2v) is 7.49. The molecule has 1 aromatic carbocycles. The molecule has 0 radical (unpaired) electrons. The minimum absolute atomic E-state index is 0.207. The van der Waals surface area contributed by atoms with Gasteiger partial charge in [-0.1, -0.05) is 11.3 Å². The summed E-state index contributed by atoms with van der Waals surface area (Å²) in [5.41, 5.74) is 0.997. The Morgan fingerprint density at radius 2 is 1.96 bits per heavy atom. The number of hydrogen-bond acceptors (Lipinski definition) is 3. The van der Waals surface area contributed by atoms with E-state index in [4.69, 9.17) is 5.41 Å². The van der Waals surface area contributed by atoms with Crippen molar-refractivity contribution in [2.75, 3.05) is 19.6 Å². The summed E-state index contributed by atoms with van der Waals surface area (Å²) in [6.07, 6.45) is -0.415. The smallest absolute Gasteiger partial charge is 0.312 e. The molecular formula is C16H18F3N3S. The van der Waals surface area contributed by atoms with Crippen molar-refractivity contribution in [3.8, 4) is 0 Å². The van der Waals surface area contributed by atoms with E-state index in [9.17, 15) is 13.2 Å². The van der Waals surface area contributed by atoms with Crippen molar-refractivity contribution >= 4 is 21.6 Å². The largest absolute Gasteiger partial charge is 0.416 e. The maximum absolute atomic E-state index is 13.0. The molecule has 0 bridgehead atoms. The molecule has 0 amide bonds. The number of nitrogens with zero attached hydrogens (tertiary/aromatic N) is 2. The van der Waals surface area contributed by atoms with Gasteiger partial charge in [-0.15, -0.1) is 0 Å². The molecule has 1 aromatic heterocycles. The number of alkyl halides is 3. The summed E-state index contributed by atoms with van der Waals surface area (Å²) in [6.45, 7) is 3.10. The van der Waals surface area contributed by atoms with Crippen LogP contribution in [-0.4, -0.2) is 29.1 Å². The number of nitrogens with one attached hydrogen (secondary N) is 1. The van der Waals surface area contributed by atoms with Crippen molar-refractivity contribution in [3.05, 3.63) is 28.1 Å². The van der Waals surface area contributed by atoms with Crippen LogP contribution in [0.5, 0.6) is 0 Å². The number of thiazole rings is 1. The summed E-state index contributed by atoms with van der Waals surface area (Å²) in [7, 11) is 0. The Labute approximate surface area is 135 Å². The lowest BCUT2D eigenvalue weighted by Gasteiger charge is -2.29. The molecule has 23 heavy (non-hydrogen) atoms. The number of rotatable bonds is 2. The molecule has 1 N–H and O–H groups in total. The molecule has 1 saturated heterocycles. The van der Waals surface area contributed by atoms with E-state index >= 15 is 0 Å². The van der Waals surface area contributed by atoms with Gasteiger partial charge in [-0.2, -0.15) is 13.2 Å². The molecule has 1 atom stereocenters. The van der Waals surface area contributed by atoms with Gasteiger partial charge >= 0.3 is 6.18 Å². The predicted molar refractivity (Wildman–Crippen MR) is 83.7 cm³/mol. The minimum atomic E-state index is -4.33.